The first-order chi connectivity index (χ1) is 11.2. The van der Waals surface area contributed by atoms with E-state index in [-0.39, 0.29) is 18.6 Å². The van der Waals surface area contributed by atoms with Crippen LogP contribution >= 0.6 is 0 Å². The van der Waals surface area contributed by atoms with Gasteiger partial charge in [0.1, 0.15) is 6.61 Å². The average molecular weight is 325 g/mol. The molecule has 3 rings (SSSR count). The van der Waals surface area contributed by atoms with Gasteiger partial charge >= 0.3 is 0 Å². The Labute approximate surface area is 134 Å². The van der Waals surface area contributed by atoms with E-state index in [1.54, 1.807) is 4.90 Å². The van der Waals surface area contributed by atoms with Crippen molar-refractivity contribution < 1.29 is 19.5 Å². The summed E-state index contributed by atoms with van der Waals surface area (Å²) in [7, 11) is 0. The van der Waals surface area contributed by atoms with Gasteiger partial charge in [0.15, 0.2) is 0 Å². The number of amides is 1. The molecule has 1 aliphatic heterocycles. The molecule has 0 unspecified atom stereocenters. The highest BCUT2D eigenvalue weighted by molar-refractivity contribution is 5.95. The third-order valence-corrected chi connectivity index (χ3v) is 4.53. The first-order valence-electron chi connectivity index (χ1n) is 8.43. The van der Waals surface area contributed by atoms with Crippen molar-refractivity contribution in [2.45, 2.75) is 51.0 Å². The number of carbonyl (C=O) groups is 1. The summed E-state index contributed by atoms with van der Waals surface area (Å²) in [6, 6.07) is 0.717. The van der Waals surface area contributed by atoms with E-state index in [4.69, 9.17) is 4.74 Å². The number of nitrogens with zero attached hydrogens (tertiary/aromatic N) is 3. The molecule has 8 nitrogen and oxygen atoms in total. The summed E-state index contributed by atoms with van der Waals surface area (Å²) >= 11 is 0. The molecular formula is C15H23N3O5. The zero-order chi connectivity index (χ0) is 16.2. The van der Waals surface area contributed by atoms with E-state index in [9.17, 15) is 14.9 Å². The minimum Gasteiger partial charge on any atom is -0.463 e. The van der Waals surface area contributed by atoms with Gasteiger partial charge in [-0.2, -0.15) is 0 Å². The average Bonchev–Trinajstić information content (AvgIpc) is 3.45. The first kappa shape index (κ1) is 16.0. The Morgan fingerprint density at radius 1 is 1.35 bits per heavy atom. The second-order valence-corrected chi connectivity index (χ2v) is 6.46. The molecule has 0 atom stereocenters. The molecule has 3 aliphatic rings. The molecule has 0 spiro atoms. The quantitative estimate of drug-likeness (QED) is 0.366. The van der Waals surface area contributed by atoms with E-state index >= 15 is 0 Å². The van der Waals surface area contributed by atoms with Gasteiger partial charge in [0.2, 0.25) is 5.91 Å². The van der Waals surface area contributed by atoms with Crippen molar-refractivity contribution in [3.05, 3.63) is 10.1 Å². The summed E-state index contributed by atoms with van der Waals surface area (Å²) in [6.45, 7) is 1.18. The normalized spacial score (nSPS) is 20.1. The van der Waals surface area contributed by atoms with E-state index in [0.717, 1.165) is 0 Å². The Bertz CT molecular complexity index is 476. The topological polar surface area (TPSA) is 94.3 Å². The Morgan fingerprint density at radius 3 is 2.57 bits per heavy atom. The van der Waals surface area contributed by atoms with Crippen LogP contribution < -0.4 is 0 Å². The number of aliphatic imine (C=N–C) groups is 1. The van der Waals surface area contributed by atoms with Crippen molar-refractivity contribution in [1.29, 1.82) is 0 Å². The lowest BCUT2D eigenvalue weighted by Crippen LogP contribution is -2.47. The number of unbranched alkanes of at least 4 members (excludes halogenated alkanes) is 1. The van der Waals surface area contributed by atoms with Crippen LogP contribution in [-0.2, 0) is 14.4 Å². The molecule has 0 radical (unpaired) electrons. The van der Waals surface area contributed by atoms with Gasteiger partial charge < -0.3 is 9.57 Å². The highest BCUT2D eigenvalue weighted by atomic mass is 16.9. The highest BCUT2D eigenvalue weighted by Gasteiger charge is 2.48. The number of hydrogen-bond acceptors (Lipinski definition) is 6. The molecule has 0 saturated heterocycles. The highest BCUT2D eigenvalue weighted by Crippen LogP contribution is 2.47. The van der Waals surface area contributed by atoms with E-state index in [1.807, 2.05) is 0 Å². The van der Waals surface area contributed by atoms with Gasteiger partial charge in [-0.3, -0.25) is 9.69 Å². The number of rotatable bonds is 9. The molecular weight excluding hydrogens is 302 g/mol. The standard InChI is InChI=1S/C15H23N3O5/c19-13(3-1-2-9-23-18(20)21)17(15-16-8-10-22-15)14(11-4-5-11)12-6-7-12/h11-12,14H,1-10H2. The molecule has 8 heteroatoms. The maximum atomic E-state index is 12.7. The molecule has 23 heavy (non-hydrogen) atoms. The van der Waals surface area contributed by atoms with Gasteiger partial charge in [-0.25, -0.2) is 4.99 Å². The van der Waals surface area contributed by atoms with Crippen molar-refractivity contribution in [3.63, 3.8) is 0 Å². The molecule has 2 aliphatic carbocycles. The van der Waals surface area contributed by atoms with Crippen LogP contribution in [0.1, 0.15) is 44.9 Å². The third-order valence-electron chi connectivity index (χ3n) is 4.53. The summed E-state index contributed by atoms with van der Waals surface area (Å²) in [4.78, 5) is 33.3. The molecule has 1 heterocycles. The number of ether oxygens (including phenoxy) is 1. The van der Waals surface area contributed by atoms with E-state index in [2.05, 4.69) is 9.83 Å². The van der Waals surface area contributed by atoms with E-state index in [0.29, 0.717) is 50.3 Å². The Kier molecular flexibility index (Phi) is 4.97. The number of hydrogen-bond donors (Lipinski definition) is 0. The monoisotopic (exact) mass is 325 g/mol. The fraction of sp³-hybridized carbons (Fsp3) is 0.867. The lowest BCUT2D eigenvalue weighted by atomic mass is 10.0. The SMILES string of the molecule is O=C(CCCCO[N+](=O)[O-])N(C1=NCCO1)C(C1CC1)C1CC1. The lowest BCUT2D eigenvalue weighted by Gasteiger charge is -2.31. The smallest absolute Gasteiger partial charge is 0.294 e. The molecule has 0 aromatic rings. The van der Waals surface area contributed by atoms with Gasteiger partial charge in [0.25, 0.3) is 11.1 Å². The zero-order valence-corrected chi connectivity index (χ0v) is 13.2. The zero-order valence-electron chi connectivity index (χ0n) is 13.2. The fourth-order valence-electron chi connectivity index (χ4n) is 3.19. The van der Waals surface area contributed by atoms with Crippen LogP contribution in [0.25, 0.3) is 0 Å². The van der Waals surface area contributed by atoms with Gasteiger partial charge in [0.05, 0.1) is 13.2 Å². The van der Waals surface area contributed by atoms with Crippen LogP contribution in [0.4, 0.5) is 0 Å². The molecule has 2 saturated carbocycles. The van der Waals surface area contributed by atoms with Crippen LogP contribution in [-0.4, -0.2) is 47.7 Å². The molecule has 0 bridgehead atoms. The number of carbonyl (C=O) groups excluding carboxylic acids is 1. The van der Waals surface area contributed by atoms with Crippen LogP contribution in [0.15, 0.2) is 4.99 Å². The Hall–Kier alpha value is -1.86. The van der Waals surface area contributed by atoms with Crippen LogP contribution in [0.3, 0.4) is 0 Å². The predicted octanol–water partition coefficient (Wildman–Crippen LogP) is 1.77. The first-order valence-corrected chi connectivity index (χ1v) is 8.43. The Morgan fingerprint density at radius 2 is 2.04 bits per heavy atom. The van der Waals surface area contributed by atoms with Crippen LogP contribution in [0.2, 0.25) is 0 Å². The molecule has 128 valence electrons. The van der Waals surface area contributed by atoms with Gasteiger partial charge in [-0.05, 0) is 50.4 Å². The molecule has 0 N–H and O–H groups in total. The van der Waals surface area contributed by atoms with E-state index < -0.39 is 5.09 Å². The summed E-state index contributed by atoms with van der Waals surface area (Å²) in [6.07, 6.45) is 6.11. The summed E-state index contributed by atoms with van der Waals surface area (Å²) < 4.78 is 5.57. The Balaban J connectivity index is 1.56. The summed E-state index contributed by atoms with van der Waals surface area (Å²) in [5.74, 6) is 1.18. The van der Waals surface area contributed by atoms with Crippen molar-refractivity contribution in [2.24, 2.45) is 16.8 Å². The largest absolute Gasteiger partial charge is 0.463 e. The fourth-order valence-corrected chi connectivity index (χ4v) is 3.19. The molecule has 2 fully saturated rings. The van der Waals surface area contributed by atoms with Crippen LogP contribution in [0.5, 0.6) is 0 Å². The van der Waals surface area contributed by atoms with Crippen LogP contribution in [0, 0.1) is 22.0 Å². The molecule has 1 amide bonds. The van der Waals surface area contributed by atoms with Crippen molar-refractivity contribution in [2.75, 3.05) is 19.8 Å². The van der Waals surface area contributed by atoms with E-state index in [1.165, 1.54) is 25.7 Å². The third kappa shape index (κ3) is 4.33. The van der Waals surface area contributed by atoms with Crippen molar-refractivity contribution in [1.82, 2.24) is 4.90 Å². The predicted molar refractivity (Wildman–Crippen MR) is 81.1 cm³/mol. The van der Waals surface area contributed by atoms with Crippen molar-refractivity contribution in [3.8, 4) is 0 Å². The van der Waals surface area contributed by atoms with Gasteiger partial charge in [-0.15, -0.1) is 10.1 Å². The second kappa shape index (κ2) is 7.14. The lowest BCUT2D eigenvalue weighted by molar-refractivity contribution is -0.757. The van der Waals surface area contributed by atoms with Gasteiger partial charge in [0, 0.05) is 12.5 Å². The van der Waals surface area contributed by atoms with Gasteiger partial charge in [-0.1, -0.05) is 0 Å². The number of amidine groups is 1. The molecule has 0 aromatic carbocycles. The van der Waals surface area contributed by atoms with Crippen molar-refractivity contribution >= 4 is 11.9 Å². The second-order valence-electron chi connectivity index (χ2n) is 6.46. The summed E-state index contributed by atoms with van der Waals surface area (Å²) in [5, 5.41) is 9.31. The minimum atomic E-state index is -0.800. The minimum absolute atomic E-state index is 0.0237. The maximum Gasteiger partial charge on any atom is 0.294 e. The maximum absolute atomic E-state index is 12.7. The summed E-state index contributed by atoms with van der Waals surface area (Å²) in [5.41, 5.74) is 0. The molecule has 0 aromatic heterocycles.